The molecule has 1 amide bonds. The molecule has 0 saturated carbocycles. The van der Waals surface area contributed by atoms with E-state index in [-0.39, 0.29) is 17.7 Å². The summed E-state index contributed by atoms with van der Waals surface area (Å²) in [6, 6.07) is 9.19. The van der Waals surface area contributed by atoms with Crippen LogP contribution in [0.25, 0.3) is 0 Å². The van der Waals surface area contributed by atoms with Gasteiger partial charge in [-0.1, -0.05) is 38.5 Å². The first-order valence-corrected chi connectivity index (χ1v) is 9.23. The zero-order valence-corrected chi connectivity index (χ0v) is 14.3. The number of rotatable bonds is 9. The lowest BCUT2D eigenvalue weighted by atomic mass is 10.2. The van der Waals surface area contributed by atoms with Gasteiger partial charge in [0.1, 0.15) is 6.61 Å². The van der Waals surface area contributed by atoms with E-state index in [4.69, 9.17) is 4.18 Å². The Labute approximate surface area is 133 Å². The molecule has 0 N–H and O–H groups in total. The van der Waals surface area contributed by atoms with Crippen LogP contribution in [-0.2, 0) is 19.1 Å². The van der Waals surface area contributed by atoms with Crippen LogP contribution in [0.5, 0.6) is 0 Å². The van der Waals surface area contributed by atoms with E-state index >= 15 is 0 Å². The highest BCUT2D eigenvalue weighted by Crippen LogP contribution is 2.18. The van der Waals surface area contributed by atoms with E-state index < -0.39 is 16.7 Å². The van der Waals surface area contributed by atoms with E-state index in [1.54, 1.807) is 4.90 Å². The topological polar surface area (TPSA) is 63.7 Å². The Morgan fingerprint density at radius 2 is 1.86 bits per heavy atom. The number of nitrogens with zero attached hydrogens (tertiary/aromatic N) is 1. The average molecular weight is 327 g/mol. The fourth-order valence-electron chi connectivity index (χ4n) is 2.01. The highest BCUT2D eigenvalue weighted by Gasteiger charge is 2.23. The molecule has 0 spiro atoms. The summed E-state index contributed by atoms with van der Waals surface area (Å²) in [7, 11) is -3.63. The smallest absolute Gasteiger partial charge is 0.267 e. The quantitative estimate of drug-likeness (QED) is 0.654. The van der Waals surface area contributed by atoms with E-state index in [2.05, 4.69) is 0 Å². The third kappa shape index (κ3) is 5.77. The van der Waals surface area contributed by atoms with E-state index in [1.165, 1.54) is 0 Å². The van der Waals surface area contributed by atoms with Gasteiger partial charge in [0.2, 0.25) is 0 Å². The molecule has 0 aliphatic carbocycles. The van der Waals surface area contributed by atoms with Gasteiger partial charge in [0.05, 0.1) is 5.75 Å². The number of unbranched alkanes of at least 4 members (excludes halogenated alkanes) is 1. The molecule has 1 unspecified atom stereocenters. The molecule has 0 bridgehead atoms. The summed E-state index contributed by atoms with van der Waals surface area (Å²) in [4.78, 5) is 14.0. The van der Waals surface area contributed by atoms with Gasteiger partial charge in [-0.25, -0.2) is 0 Å². The highest BCUT2D eigenvalue weighted by molar-refractivity contribution is 7.86. The van der Waals surface area contributed by atoms with Crippen molar-refractivity contribution in [3.05, 3.63) is 30.3 Å². The van der Waals surface area contributed by atoms with Crippen LogP contribution in [0.2, 0.25) is 0 Å². The third-order valence-electron chi connectivity index (χ3n) is 3.44. The molecule has 1 aromatic rings. The van der Waals surface area contributed by atoms with Crippen molar-refractivity contribution in [3.63, 3.8) is 0 Å². The van der Waals surface area contributed by atoms with Gasteiger partial charge in [0.15, 0.2) is 0 Å². The third-order valence-corrected chi connectivity index (χ3v) is 4.71. The van der Waals surface area contributed by atoms with Gasteiger partial charge in [-0.3, -0.25) is 8.98 Å². The van der Waals surface area contributed by atoms with Crippen LogP contribution in [0.3, 0.4) is 0 Å². The second-order valence-electron chi connectivity index (χ2n) is 5.23. The van der Waals surface area contributed by atoms with Gasteiger partial charge in [-0.2, -0.15) is 8.42 Å². The van der Waals surface area contributed by atoms with Crippen molar-refractivity contribution in [2.45, 2.75) is 46.1 Å². The molecule has 0 aliphatic heterocycles. The van der Waals surface area contributed by atoms with E-state index in [1.807, 2.05) is 51.1 Å². The van der Waals surface area contributed by atoms with Crippen molar-refractivity contribution in [2.24, 2.45) is 0 Å². The minimum Gasteiger partial charge on any atom is -0.308 e. The Kier molecular flexibility index (Phi) is 7.55. The molecule has 0 saturated heterocycles. The molecular weight excluding hydrogens is 302 g/mol. The Morgan fingerprint density at radius 3 is 2.41 bits per heavy atom. The van der Waals surface area contributed by atoms with Crippen LogP contribution < -0.4 is 4.90 Å². The molecule has 0 heterocycles. The molecule has 0 aromatic heterocycles. The SMILES string of the molecule is CCCCS(=O)(=O)OCC(=O)N(c1ccccc1)C(C)CC. The van der Waals surface area contributed by atoms with Gasteiger partial charge < -0.3 is 4.90 Å². The van der Waals surface area contributed by atoms with Crippen molar-refractivity contribution in [1.29, 1.82) is 0 Å². The lowest BCUT2D eigenvalue weighted by molar-refractivity contribution is -0.120. The molecule has 22 heavy (non-hydrogen) atoms. The van der Waals surface area contributed by atoms with Gasteiger partial charge in [-0.15, -0.1) is 0 Å². The van der Waals surface area contributed by atoms with Crippen molar-refractivity contribution >= 4 is 21.7 Å². The number of para-hydroxylation sites is 1. The van der Waals surface area contributed by atoms with Crippen molar-refractivity contribution in [2.75, 3.05) is 17.3 Å². The van der Waals surface area contributed by atoms with Gasteiger partial charge in [-0.05, 0) is 31.9 Å². The van der Waals surface area contributed by atoms with Crippen LogP contribution in [0.4, 0.5) is 5.69 Å². The number of hydrogen-bond acceptors (Lipinski definition) is 4. The largest absolute Gasteiger partial charge is 0.308 e. The lowest BCUT2D eigenvalue weighted by Gasteiger charge is -2.28. The molecule has 0 radical (unpaired) electrons. The van der Waals surface area contributed by atoms with Crippen LogP contribution in [0.15, 0.2) is 30.3 Å². The van der Waals surface area contributed by atoms with Crippen LogP contribution in [0, 0.1) is 0 Å². The Bertz CT molecular complexity index is 557. The monoisotopic (exact) mass is 327 g/mol. The van der Waals surface area contributed by atoms with E-state index in [9.17, 15) is 13.2 Å². The van der Waals surface area contributed by atoms with E-state index in [0.29, 0.717) is 6.42 Å². The molecule has 1 atom stereocenters. The van der Waals surface area contributed by atoms with Crippen LogP contribution >= 0.6 is 0 Å². The predicted octanol–water partition coefficient (Wildman–Crippen LogP) is 2.96. The molecule has 1 rings (SSSR count). The Hall–Kier alpha value is -1.40. The first-order valence-electron chi connectivity index (χ1n) is 7.65. The normalized spacial score (nSPS) is 12.9. The molecule has 0 fully saturated rings. The second kappa shape index (κ2) is 8.90. The maximum absolute atomic E-state index is 12.4. The number of carbonyl (C=O) groups is 1. The first-order chi connectivity index (χ1) is 10.4. The van der Waals surface area contributed by atoms with Gasteiger partial charge >= 0.3 is 0 Å². The minimum atomic E-state index is -3.63. The zero-order chi connectivity index (χ0) is 16.6. The van der Waals surface area contributed by atoms with Crippen molar-refractivity contribution in [1.82, 2.24) is 0 Å². The molecule has 0 aliphatic rings. The van der Waals surface area contributed by atoms with Crippen LogP contribution in [-0.4, -0.2) is 32.7 Å². The lowest BCUT2D eigenvalue weighted by Crippen LogP contribution is -2.41. The number of anilines is 1. The highest BCUT2D eigenvalue weighted by atomic mass is 32.2. The summed E-state index contributed by atoms with van der Waals surface area (Å²) < 4.78 is 28.3. The summed E-state index contributed by atoms with van der Waals surface area (Å²) in [5.74, 6) is -0.397. The molecule has 5 nitrogen and oxygen atoms in total. The summed E-state index contributed by atoms with van der Waals surface area (Å²) in [5, 5.41) is 0. The molecule has 1 aromatic carbocycles. The van der Waals surface area contributed by atoms with Gasteiger partial charge in [0, 0.05) is 11.7 Å². The Balaban J connectivity index is 2.78. The first kappa shape index (κ1) is 18.6. The van der Waals surface area contributed by atoms with Gasteiger partial charge in [0.25, 0.3) is 16.0 Å². The maximum Gasteiger partial charge on any atom is 0.267 e. The summed E-state index contributed by atoms with van der Waals surface area (Å²) in [6.07, 6.45) is 2.06. The number of amides is 1. The zero-order valence-electron chi connectivity index (χ0n) is 13.5. The molecule has 124 valence electrons. The molecule has 6 heteroatoms. The Morgan fingerprint density at radius 1 is 1.23 bits per heavy atom. The van der Waals surface area contributed by atoms with E-state index in [0.717, 1.165) is 18.5 Å². The molecular formula is C16H25NO4S. The fourth-order valence-corrected chi connectivity index (χ4v) is 3.05. The van der Waals surface area contributed by atoms with Crippen molar-refractivity contribution < 1.29 is 17.4 Å². The van der Waals surface area contributed by atoms with Crippen LogP contribution in [0.1, 0.15) is 40.0 Å². The number of benzene rings is 1. The number of hydrogen-bond donors (Lipinski definition) is 0. The number of carbonyl (C=O) groups excluding carboxylic acids is 1. The standard InChI is InChI=1S/C16H25NO4S/c1-4-6-12-22(19,20)21-13-16(18)17(14(3)5-2)15-10-8-7-9-11-15/h7-11,14H,4-6,12-13H2,1-3H3. The minimum absolute atomic E-state index is 0.0307. The van der Waals surface area contributed by atoms with Crippen molar-refractivity contribution in [3.8, 4) is 0 Å². The second-order valence-corrected chi connectivity index (χ2v) is 6.99. The fraction of sp³-hybridized carbons (Fsp3) is 0.562. The summed E-state index contributed by atoms with van der Waals surface area (Å²) in [5.41, 5.74) is 0.747. The summed E-state index contributed by atoms with van der Waals surface area (Å²) >= 11 is 0. The summed E-state index contributed by atoms with van der Waals surface area (Å²) in [6.45, 7) is 5.36. The average Bonchev–Trinajstić information content (AvgIpc) is 2.52. The predicted molar refractivity (Wildman–Crippen MR) is 88.3 cm³/mol. The maximum atomic E-state index is 12.4.